The lowest BCUT2D eigenvalue weighted by atomic mass is 9.99. The van der Waals surface area contributed by atoms with Gasteiger partial charge < -0.3 is 4.90 Å². The van der Waals surface area contributed by atoms with Crippen molar-refractivity contribution < 1.29 is 18.0 Å². The van der Waals surface area contributed by atoms with Gasteiger partial charge in [-0.05, 0) is 31.7 Å². The standard InChI is InChI=1S/C16H18ClF3N4OS/c1-9-3-5-23(6-4-9)14(25)10(2)26-15-22-21-13-12(17)7-11(8-24(13)15)16(18,19)20/h7-10H,3-6H2,1-2H3/t10-/m1/s1. The molecule has 2 aromatic heterocycles. The van der Waals surface area contributed by atoms with Crippen LogP contribution in [0.3, 0.4) is 0 Å². The number of carbonyl (C=O) groups excluding carboxylic acids is 1. The van der Waals surface area contributed by atoms with Crippen LogP contribution >= 0.6 is 23.4 Å². The molecule has 1 saturated heterocycles. The third-order valence-corrected chi connectivity index (χ3v) is 5.80. The van der Waals surface area contributed by atoms with Crippen LogP contribution in [0, 0.1) is 5.92 Å². The summed E-state index contributed by atoms with van der Waals surface area (Å²) in [6.45, 7) is 5.29. The fourth-order valence-corrected chi connectivity index (χ4v) is 4.02. The van der Waals surface area contributed by atoms with E-state index in [0.29, 0.717) is 19.0 Å². The lowest BCUT2D eigenvalue weighted by Crippen LogP contribution is -2.41. The molecule has 1 atom stereocenters. The van der Waals surface area contributed by atoms with Gasteiger partial charge >= 0.3 is 6.18 Å². The van der Waals surface area contributed by atoms with Crippen molar-refractivity contribution in [2.24, 2.45) is 5.92 Å². The molecule has 10 heteroatoms. The van der Waals surface area contributed by atoms with E-state index in [1.807, 2.05) is 0 Å². The Morgan fingerprint density at radius 1 is 1.35 bits per heavy atom. The van der Waals surface area contributed by atoms with Crippen molar-refractivity contribution in [3.63, 3.8) is 0 Å². The molecule has 0 N–H and O–H groups in total. The maximum atomic E-state index is 13.0. The number of piperidine rings is 1. The summed E-state index contributed by atoms with van der Waals surface area (Å²) in [5.41, 5.74) is -0.755. The molecular formula is C16H18ClF3N4OS. The molecule has 0 aromatic carbocycles. The summed E-state index contributed by atoms with van der Waals surface area (Å²) < 4.78 is 40.2. The topological polar surface area (TPSA) is 50.5 Å². The molecule has 0 aliphatic carbocycles. The summed E-state index contributed by atoms with van der Waals surface area (Å²) in [7, 11) is 0. The summed E-state index contributed by atoms with van der Waals surface area (Å²) in [6, 6.07) is 0.823. The average Bonchev–Trinajstić information content (AvgIpc) is 2.97. The van der Waals surface area contributed by atoms with E-state index in [1.165, 1.54) is 4.40 Å². The maximum absolute atomic E-state index is 13.0. The van der Waals surface area contributed by atoms with Gasteiger partial charge in [0.25, 0.3) is 0 Å². The fraction of sp³-hybridized carbons (Fsp3) is 0.562. The summed E-state index contributed by atoms with van der Waals surface area (Å²) in [4.78, 5) is 14.4. The first-order valence-electron chi connectivity index (χ1n) is 8.23. The number of thioether (sulfide) groups is 1. The minimum absolute atomic E-state index is 0.0447. The molecule has 1 amide bonds. The van der Waals surface area contributed by atoms with Gasteiger partial charge in [0.2, 0.25) is 5.91 Å². The molecule has 26 heavy (non-hydrogen) atoms. The van der Waals surface area contributed by atoms with Crippen LogP contribution in [0.25, 0.3) is 5.65 Å². The zero-order chi connectivity index (χ0) is 19.1. The first-order valence-corrected chi connectivity index (χ1v) is 9.49. The molecule has 0 bridgehead atoms. The number of hydrogen-bond acceptors (Lipinski definition) is 4. The Morgan fingerprint density at radius 3 is 2.62 bits per heavy atom. The van der Waals surface area contributed by atoms with Crippen LogP contribution in [0.2, 0.25) is 5.02 Å². The minimum Gasteiger partial charge on any atom is -0.342 e. The highest BCUT2D eigenvalue weighted by Gasteiger charge is 2.33. The lowest BCUT2D eigenvalue weighted by Gasteiger charge is -2.31. The van der Waals surface area contributed by atoms with Gasteiger partial charge in [-0.3, -0.25) is 9.20 Å². The SMILES string of the molecule is CC1CCN(C(=O)[C@@H](C)Sc2nnc3c(Cl)cc(C(F)(F)F)cn23)CC1. The second kappa shape index (κ2) is 7.26. The Bertz CT molecular complexity index is 818. The summed E-state index contributed by atoms with van der Waals surface area (Å²) in [6.07, 6.45) is -1.71. The van der Waals surface area contributed by atoms with Crippen molar-refractivity contribution in [3.05, 3.63) is 22.8 Å². The molecule has 1 aliphatic heterocycles. The van der Waals surface area contributed by atoms with Crippen LogP contribution in [-0.4, -0.2) is 43.7 Å². The first-order chi connectivity index (χ1) is 12.2. The highest BCUT2D eigenvalue weighted by Crippen LogP contribution is 2.34. The molecule has 2 aromatic rings. The quantitative estimate of drug-likeness (QED) is 0.719. The number of fused-ring (bicyclic) bond motifs is 1. The minimum atomic E-state index is -4.53. The summed E-state index contributed by atoms with van der Waals surface area (Å²) in [5.74, 6) is 0.558. The highest BCUT2D eigenvalue weighted by atomic mass is 35.5. The number of halogens is 4. The van der Waals surface area contributed by atoms with Gasteiger partial charge in [-0.15, -0.1) is 10.2 Å². The largest absolute Gasteiger partial charge is 0.417 e. The van der Waals surface area contributed by atoms with E-state index in [1.54, 1.807) is 11.8 Å². The summed E-state index contributed by atoms with van der Waals surface area (Å²) >= 11 is 6.99. The summed E-state index contributed by atoms with van der Waals surface area (Å²) in [5, 5.41) is 7.35. The Kier molecular flexibility index (Phi) is 5.39. The predicted octanol–water partition coefficient (Wildman–Crippen LogP) is 4.14. The Morgan fingerprint density at radius 2 is 2.00 bits per heavy atom. The second-order valence-corrected chi connectivity index (χ2v) is 8.23. The molecular weight excluding hydrogens is 389 g/mol. The van der Waals surface area contributed by atoms with Gasteiger partial charge in [-0.25, -0.2) is 0 Å². The average molecular weight is 407 g/mol. The van der Waals surface area contributed by atoms with Crippen molar-refractivity contribution in [1.29, 1.82) is 0 Å². The normalized spacial score (nSPS) is 17.7. The Hall–Kier alpha value is -1.48. The van der Waals surface area contributed by atoms with E-state index >= 15 is 0 Å². The molecule has 5 nitrogen and oxygen atoms in total. The van der Waals surface area contributed by atoms with Crippen LogP contribution < -0.4 is 0 Å². The van der Waals surface area contributed by atoms with Gasteiger partial charge in [0, 0.05) is 19.3 Å². The van der Waals surface area contributed by atoms with Crippen molar-refractivity contribution >= 4 is 34.9 Å². The van der Waals surface area contributed by atoms with Crippen LogP contribution in [0.15, 0.2) is 17.4 Å². The number of amides is 1. The van der Waals surface area contributed by atoms with E-state index in [2.05, 4.69) is 17.1 Å². The van der Waals surface area contributed by atoms with Gasteiger partial charge in [-0.2, -0.15) is 13.2 Å². The van der Waals surface area contributed by atoms with E-state index in [-0.39, 0.29) is 21.7 Å². The van der Waals surface area contributed by atoms with Gasteiger partial charge in [0.1, 0.15) is 0 Å². The van der Waals surface area contributed by atoms with Crippen LogP contribution in [0.1, 0.15) is 32.3 Å². The van der Waals surface area contributed by atoms with Crippen molar-refractivity contribution in [1.82, 2.24) is 19.5 Å². The lowest BCUT2D eigenvalue weighted by molar-refractivity contribution is -0.138. The molecule has 0 saturated carbocycles. The second-order valence-electron chi connectivity index (χ2n) is 6.52. The number of alkyl halides is 3. The zero-order valence-corrected chi connectivity index (χ0v) is 15.8. The fourth-order valence-electron chi connectivity index (χ4n) is 2.86. The molecule has 3 heterocycles. The molecule has 1 aliphatic rings. The molecule has 1 fully saturated rings. The van der Waals surface area contributed by atoms with Gasteiger partial charge in [0.05, 0.1) is 15.8 Å². The van der Waals surface area contributed by atoms with E-state index < -0.39 is 17.0 Å². The molecule has 0 unspecified atom stereocenters. The molecule has 0 spiro atoms. The number of likely N-dealkylation sites (tertiary alicyclic amines) is 1. The van der Waals surface area contributed by atoms with Crippen molar-refractivity contribution in [3.8, 4) is 0 Å². The maximum Gasteiger partial charge on any atom is 0.417 e. The molecule has 3 rings (SSSR count). The number of aromatic nitrogens is 3. The number of pyridine rings is 1. The van der Waals surface area contributed by atoms with E-state index in [0.717, 1.165) is 36.9 Å². The van der Waals surface area contributed by atoms with Crippen molar-refractivity contribution in [2.75, 3.05) is 13.1 Å². The first kappa shape index (κ1) is 19.3. The van der Waals surface area contributed by atoms with Crippen molar-refractivity contribution in [2.45, 2.75) is 43.3 Å². The Labute approximate surface area is 157 Å². The number of nitrogens with zero attached hydrogens (tertiary/aromatic N) is 4. The van der Waals surface area contributed by atoms with E-state index in [4.69, 9.17) is 11.6 Å². The molecule has 142 valence electrons. The predicted molar refractivity (Wildman–Crippen MR) is 93.3 cm³/mol. The smallest absolute Gasteiger partial charge is 0.342 e. The van der Waals surface area contributed by atoms with Crippen LogP contribution in [-0.2, 0) is 11.0 Å². The number of rotatable bonds is 3. The van der Waals surface area contributed by atoms with Gasteiger partial charge in [0.15, 0.2) is 10.8 Å². The van der Waals surface area contributed by atoms with Crippen LogP contribution in [0.5, 0.6) is 0 Å². The third kappa shape index (κ3) is 3.93. The van der Waals surface area contributed by atoms with E-state index in [9.17, 15) is 18.0 Å². The highest BCUT2D eigenvalue weighted by molar-refractivity contribution is 8.00. The molecule has 0 radical (unpaired) electrons. The van der Waals surface area contributed by atoms with Crippen LogP contribution in [0.4, 0.5) is 13.2 Å². The number of carbonyl (C=O) groups is 1. The Balaban J connectivity index is 1.82. The number of hydrogen-bond donors (Lipinski definition) is 0. The zero-order valence-electron chi connectivity index (χ0n) is 14.3. The monoisotopic (exact) mass is 406 g/mol. The third-order valence-electron chi connectivity index (χ3n) is 4.48. The van der Waals surface area contributed by atoms with Gasteiger partial charge in [-0.1, -0.05) is 30.3 Å².